The van der Waals surface area contributed by atoms with E-state index in [9.17, 15) is 4.79 Å². The van der Waals surface area contributed by atoms with Gasteiger partial charge >= 0.3 is 6.03 Å². The molecular formula is C16H19N3OS. The molecule has 5 heteroatoms. The second kappa shape index (κ2) is 5.87. The number of fused-ring (bicyclic) bond motifs is 1. The number of nitrogens with zero attached hydrogens (tertiary/aromatic N) is 1. The highest BCUT2D eigenvalue weighted by atomic mass is 32.1. The standard InChI is InChI=1S/C16H19N3OS/c1-11-6-8-21-15(11)18-16(20)17-14-4-3-12-5-7-19(2)10-13(12)9-14/h3-4,6,8-9H,5,7,10H2,1-2H3,(H2,17,18,20). The first-order valence-electron chi connectivity index (χ1n) is 7.04. The van der Waals surface area contributed by atoms with Crippen LogP contribution in [0.25, 0.3) is 0 Å². The lowest BCUT2D eigenvalue weighted by Crippen LogP contribution is -2.26. The van der Waals surface area contributed by atoms with E-state index in [2.05, 4.69) is 34.7 Å². The number of rotatable bonds is 2. The van der Waals surface area contributed by atoms with Crippen LogP contribution < -0.4 is 10.6 Å². The first-order chi connectivity index (χ1) is 10.1. The molecule has 0 spiro atoms. The lowest BCUT2D eigenvalue weighted by Gasteiger charge is -2.25. The Labute approximate surface area is 128 Å². The molecular weight excluding hydrogens is 282 g/mol. The Morgan fingerprint density at radius 1 is 1.24 bits per heavy atom. The molecule has 0 atom stereocenters. The molecule has 2 N–H and O–H groups in total. The van der Waals surface area contributed by atoms with Gasteiger partial charge in [-0.25, -0.2) is 4.79 Å². The van der Waals surface area contributed by atoms with Crippen LogP contribution in [-0.4, -0.2) is 24.5 Å². The number of nitrogens with one attached hydrogen (secondary N) is 2. The van der Waals surface area contributed by atoms with E-state index in [4.69, 9.17) is 0 Å². The summed E-state index contributed by atoms with van der Waals surface area (Å²) in [7, 11) is 2.12. The van der Waals surface area contributed by atoms with Crippen molar-refractivity contribution in [2.75, 3.05) is 24.2 Å². The highest BCUT2D eigenvalue weighted by Gasteiger charge is 2.14. The monoisotopic (exact) mass is 301 g/mol. The third-order valence-electron chi connectivity index (χ3n) is 3.76. The fourth-order valence-electron chi connectivity index (χ4n) is 2.54. The van der Waals surface area contributed by atoms with E-state index in [0.29, 0.717) is 0 Å². The van der Waals surface area contributed by atoms with E-state index < -0.39 is 0 Å². The Morgan fingerprint density at radius 3 is 2.86 bits per heavy atom. The number of hydrogen-bond acceptors (Lipinski definition) is 3. The minimum atomic E-state index is -0.190. The van der Waals surface area contributed by atoms with Crippen molar-refractivity contribution in [3.8, 4) is 0 Å². The lowest BCUT2D eigenvalue weighted by molar-refractivity contribution is 0.262. The van der Waals surface area contributed by atoms with Crippen LogP contribution >= 0.6 is 11.3 Å². The zero-order valence-corrected chi connectivity index (χ0v) is 13.1. The number of amides is 2. The van der Waals surface area contributed by atoms with Crippen LogP contribution in [0.2, 0.25) is 0 Å². The van der Waals surface area contributed by atoms with E-state index in [0.717, 1.165) is 35.8 Å². The summed E-state index contributed by atoms with van der Waals surface area (Å²) in [6.07, 6.45) is 1.08. The minimum Gasteiger partial charge on any atom is -0.308 e. The van der Waals surface area contributed by atoms with Crippen molar-refractivity contribution in [2.24, 2.45) is 0 Å². The van der Waals surface area contributed by atoms with E-state index in [-0.39, 0.29) is 6.03 Å². The van der Waals surface area contributed by atoms with Crippen molar-refractivity contribution in [1.29, 1.82) is 0 Å². The number of urea groups is 1. The van der Waals surface area contributed by atoms with Gasteiger partial charge in [-0.2, -0.15) is 0 Å². The fourth-order valence-corrected chi connectivity index (χ4v) is 3.36. The molecule has 2 heterocycles. The maximum absolute atomic E-state index is 12.0. The van der Waals surface area contributed by atoms with Gasteiger partial charge in [0.05, 0.1) is 5.00 Å². The van der Waals surface area contributed by atoms with Crippen LogP contribution in [0.3, 0.4) is 0 Å². The molecule has 0 saturated carbocycles. The molecule has 1 aliphatic rings. The van der Waals surface area contributed by atoms with Crippen LogP contribution in [0.4, 0.5) is 15.5 Å². The predicted molar refractivity (Wildman–Crippen MR) is 88.2 cm³/mol. The number of anilines is 2. The molecule has 4 nitrogen and oxygen atoms in total. The molecule has 0 unspecified atom stereocenters. The zero-order chi connectivity index (χ0) is 14.8. The van der Waals surface area contributed by atoms with Crippen LogP contribution in [0.15, 0.2) is 29.6 Å². The van der Waals surface area contributed by atoms with E-state index in [1.165, 1.54) is 22.5 Å². The van der Waals surface area contributed by atoms with Crippen molar-refractivity contribution >= 4 is 28.1 Å². The smallest absolute Gasteiger partial charge is 0.308 e. The number of benzene rings is 1. The number of carbonyl (C=O) groups is 1. The van der Waals surface area contributed by atoms with Gasteiger partial charge < -0.3 is 10.2 Å². The average Bonchev–Trinajstić information content (AvgIpc) is 2.83. The highest BCUT2D eigenvalue weighted by Crippen LogP contribution is 2.24. The Kier molecular flexibility index (Phi) is 3.94. The van der Waals surface area contributed by atoms with Crippen LogP contribution in [-0.2, 0) is 13.0 Å². The number of hydrogen-bond donors (Lipinski definition) is 2. The van der Waals surface area contributed by atoms with Crippen molar-refractivity contribution < 1.29 is 4.79 Å². The highest BCUT2D eigenvalue weighted by molar-refractivity contribution is 7.14. The first kappa shape index (κ1) is 14.1. The second-order valence-electron chi connectivity index (χ2n) is 5.48. The van der Waals surface area contributed by atoms with Crippen molar-refractivity contribution in [3.63, 3.8) is 0 Å². The SMILES string of the molecule is Cc1ccsc1NC(=O)Nc1ccc2c(c1)CN(C)CC2. The first-order valence-corrected chi connectivity index (χ1v) is 7.92. The summed E-state index contributed by atoms with van der Waals surface area (Å²) in [5, 5.41) is 8.66. The van der Waals surface area contributed by atoms with Gasteiger partial charge in [-0.15, -0.1) is 11.3 Å². The van der Waals surface area contributed by atoms with Gasteiger partial charge in [-0.3, -0.25) is 5.32 Å². The molecule has 21 heavy (non-hydrogen) atoms. The Hall–Kier alpha value is -1.85. The number of thiophene rings is 1. The largest absolute Gasteiger partial charge is 0.324 e. The maximum Gasteiger partial charge on any atom is 0.324 e. The molecule has 3 rings (SSSR count). The Bertz CT molecular complexity index is 665. The van der Waals surface area contributed by atoms with Gasteiger partial charge in [0, 0.05) is 18.8 Å². The van der Waals surface area contributed by atoms with Crippen LogP contribution in [0, 0.1) is 6.92 Å². The fraction of sp³-hybridized carbons (Fsp3) is 0.312. The number of likely N-dealkylation sites (N-methyl/N-ethyl adjacent to an activating group) is 1. The topological polar surface area (TPSA) is 44.4 Å². The molecule has 1 aromatic carbocycles. The molecule has 110 valence electrons. The summed E-state index contributed by atoms with van der Waals surface area (Å²) in [4.78, 5) is 14.3. The molecule has 0 fully saturated rings. The van der Waals surface area contributed by atoms with Crippen molar-refractivity contribution in [3.05, 3.63) is 46.3 Å². The molecule has 2 aromatic rings. The summed E-state index contributed by atoms with van der Waals surface area (Å²) in [5.74, 6) is 0. The van der Waals surface area contributed by atoms with Gasteiger partial charge in [0.25, 0.3) is 0 Å². The summed E-state index contributed by atoms with van der Waals surface area (Å²) >= 11 is 1.53. The van der Waals surface area contributed by atoms with E-state index >= 15 is 0 Å². The van der Waals surface area contributed by atoms with Crippen molar-refractivity contribution in [1.82, 2.24) is 4.90 Å². The molecule has 0 saturated heterocycles. The van der Waals surface area contributed by atoms with Gasteiger partial charge in [0.15, 0.2) is 0 Å². The molecule has 1 aromatic heterocycles. The van der Waals surface area contributed by atoms with Gasteiger partial charge in [-0.05, 0) is 60.7 Å². The van der Waals surface area contributed by atoms with Gasteiger partial charge in [0.2, 0.25) is 0 Å². The van der Waals surface area contributed by atoms with E-state index in [1.54, 1.807) is 0 Å². The van der Waals surface area contributed by atoms with E-state index in [1.807, 2.05) is 24.4 Å². The second-order valence-corrected chi connectivity index (χ2v) is 6.40. The third-order valence-corrected chi connectivity index (χ3v) is 4.69. The zero-order valence-electron chi connectivity index (χ0n) is 12.3. The summed E-state index contributed by atoms with van der Waals surface area (Å²) < 4.78 is 0. The number of carbonyl (C=O) groups excluding carboxylic acids is 1. The maximum atomic E-state index is 12.0. The normalized spacial score (nSPS) is 14.6. The Morgan fingerprint density at radius 2 is 2.10 bits per heavy atom. The minimum absolute atomic E-state index is 0.190. The Balaban J connectivity index is 1.69. The summed E-state index contributed by atoms with van der Waals surface area (Å²) in [5.41, 5.74) is 4.61. The quantitative estimate of drug-likeness (QED) is 0.888. The van der Waals surface area contributed by atoms with Gasteiger partial charge in [0.1, 0.15) is 0 Å². The van der Waals surface area contributed by atoms with Gasteiger partial charge in [-0.1, -0.05) is 6.07 Å². The van der Waals surface area contributed by atoms with Crippen LogP contribution in [0.1, 0.15) is 16.7 Å². The molecule has 0 aliphatic carbocycles. The lowest BCUT2D eigenvalue weighted by atomic mass is 9.99. The van der Waals surface area contributed by atoms with Crippen molar-refractivity contribution in [2.45, 2.75) is 19.9 Å². The third kappa shape index (κ3) is 3.25. The predicted octanol–water partition coefficient (Wildman–Crippen LogP) is 3.69. The number of aryl methyl sites for hydroxylation is 1. The summed E-state index contributed by atoms with van der Waals surface area (Å²) in [6, 6.07) is 7.98. The molecule has 0 radical (unpaired) electrons. The summed E-state index contributed by atoms with van der Waals surface area (Å²) in [6.45, 7) is 4.02. The average molecular weight is 301 g/mol. The molecule has 2 amide bonds. The van der Waals surface area contributed by atoms with Crippen LogP contribution in [0.5, 0.6) is 0 Å². The molecule has 1 aliphatic heterocycles. The molecule has 0 bridgehead atoms.